The van der Waals surface area contributed by atoms with Gasteiger partial charge in [0.25, 0.3) is 0 Å². The molecular weight excluding hydrogens is 425 g/mol. The third-order valence-electron chi connectivity index (χ3n) is 2.41. The van der Waals surface area contributed by atoms with E-state index in [0.29, 0.717) is 12.2 Å². The molecule has 0 aliphatic carbocycles. The second-order valence-corrected chi connectivity index (χ2v) is 5.36. The van der Waals surface area contributed by atoms with E-state index in [1.807, 2.05) is 6.92 Å². The van der Waals surface area contributed by atoms with Crippen LogP contribution in [0.2, 0.25) is 0 Å². The maximum Gasteiger partial charge on any atom is 0.422 e. The van der Waals surface area contributed by atoms with Crippen LogP contribution in [0.5, 0.6) is 0 Å². The molecule has 0 rings (SSSR count). The summed E-state index contributed by atoms with van der Waals surface area (Å²) in [5.41, 5.74) is -1.14. The van der Waals surface area contributed by atoms with Gasteiger partial charge >= 0.3 is 30.1 Å². The average Bonchev–Trinajstić information content (AvgIpc) is 2.67. The summed E-state index contributed by atoms with van der Waals surface area (Å²) in [5, 5.41) is 15.6. The third-order valence-corrected chi connectivity index (χ3v) is 2.41. The van der Waals surface area contributed by atoms with E-state index in [1.54, 1.807) is 6.92 Å². The third kappa shape index (κ3) is 28.9. The number of unbranched alkanes of at least 4 members (excludes halogenated alkanes) is 1. The standard InChI is InChI=1S/C7H12O2.C5H8O2.C4H3F3O2.C4H6O2/c1-3-5-6-9-7(8)4-2;1-4(2)5(6)7-3;1-2(3(8)9)4(5,6)7;1-3(2)4(5)6/h4H,2-3,5-6H2,1H3;1H2,2-3H3;1H2,(H,8,9);1H2,2H3,(H,5,6). The lowest BCUT2D eigenvalue weighted by atomic mass is 10.3. The fraction of sp³-hybridized carbons (Fsp3) is 0.400. The summed E-state index contributed by atoms with van der Waals surface area (Å²) in [5.74, 6) is -3.65. The number of carbonyl (C=O) groups excluding carboxylic acids is 2. The predicted octanol–water partition coefficient (Wildman–Crippen LogP) is 4.09. The highest BCUT2D eigenvalue weighted by atomic mass is 19.4. The van der Waals surface area contributed by atoms with Crippen LogP contribution in [0.15, 0.2) is 49.1 Å². The molecule has 0 aromatic heterocycles. The summed E-state index contributed by atoms with van der Waals surface area (Å²) in [6.07, 6.45) is -1.66. The van der Waals surface area contributed by atoms with Crippen molar-refractivity contribution in [2.45, 2.75) is 39.8 Å². The van der Waals surface area contributed by atoms with E-state index in [1.165, 1.54) is 20.1 Å². The Morgan fingerprint density at radius 3 is 1.52 bits per heavy atom. The molecule has 2 N–H and O–H groups in total. The number of rotatable bonds is 7. The fourth-order valence-electron chi connectivity index (χ4n) is 0.672. The van der Waals surface area contributed by atoms with Gasteiger partial charge in [-0.1, -0.05) is 39.7 Å². The molecular formula is C20H29F3O8. The van der Waals surface area contributed by atoms with Crippen molar-refractivity contribution >= 4 is 23.9 Å². The number of hydrogen-bond donors (Lipinski definition) is 2. The minimum Gasteiger partial charge on any atom is -0.478 e. The van der Waals surface area contributed by atoms with E-state index >= 15 is 0 Å². The number of esters is 2. The van der Waals surface area contributed by atoms with Gasteiger partial charge in [0, 0.05) is 17.2 Å². The minimum atomic E-state index is -4.81. The minimum absolute atomic E-state index is 0.176. The fourth-order valence-corrected chi connectivity index (χ4v) is 0.672. The molecule has 0 aliphatic rings. The molecule has 0 aromatic rings. The first-order valence-corrected chi connectivity index (χ1v) is 8.40. The molecule has 0 saturated heterocycles. The van der Waals surface area contributed by atoms with Crippen LogP contribution in [0.4, 0.5) is 13.2 Å². The molecule has 8 nitrogen and oxygen atoms in total. The second kappa shape index (κ2) is 19.9. The Hall–Kier alpha value is -3.37. The molecule has 178 valence electrons. The van der Waals surface area contributed by atoms with Crippen molar-refractivity contribution in [2.75, 3.05) is 13.7 Å². The molecule has 0 aliphatic heterocycles. The van der Waals surface area contributed by atoms with Crippen LogP contribution < -0.4 is 0 Å². The lowest BCUT2D eigenvalue weighted by Crippen LogP contribution is -2.18. The van der Waals surface area contributed by atoms with Gasteiger partial charge in [0.1, 0.15) is 5.57 Å². The normalized spacial score (nSPS) is 8.87. The lowest BCUT2D eigenvalue weighted by Gasteiger charge is -2.02. The van der Waals surface area contributed by atoms with Gasteiger partial charge in [-0.3, -0.25) is 0 Å². The summed E-state index contributed by atoms with van der Waals surface area (Å²) in [4.78, 5) is 39.7. The van der Waals surface area contributed by atoms with Gasteiger partial charge < -0.3 is 19.7 Å². The van der Waals surface area contributed by atoms with Crippen LogP contribution in [0.25, 0.3) is 0 Å². The first-order valence-electron chi connectivity index (χ1n) is 8.40. The van der Waals surface area contributed by atoms with Gasteiger partial charge in [0.2, 0.25) is 0 Å². The number of hydrogen-bond acceptors (Lipinski definition) is 6. The highest BCUT2D eigenvalue weighted by Gasteiger charge is 2.36. The summed E-state index contributed by atoms with van der Waals surface area (Å²) in [6, 6.07) is 0. The first-order chi connectivity index (χ1) is 14.0. The Balaban J connectivity index is -0.000000159. The molecule has 0 bridgehead atoms. The smallest absolute Gasteiger partial charge is 0.422 e. The molecule has 0 amide bonds. The maximum absolute atomic E-state index is 11.2. The summed E-state index contributed by atoms with van der Waals surface area (Å²) in [6.45, 7) is 17.7. The van der Waals surface area contributed by atoms with Crippen molar-refractivity contribution in [3.63, 3.8) is 0 Å². The number of ether oxygens (including phenoxy) is 2. The summed E-state index contributed by atoms with van der Waals surface area (Å²) >= 11 is 0. The highest BCUT2D eigenvalue weighted by molar-refractivity contribution is 5.87. The van der Waals surface area contributed by atoms with Gasteiger partial charge in [0.15, 0.2) is 0 Å². The molecule has 31 heavy (non-hydrogen) atoms. The SMILES string of the molecule is C=C(C(=O)O)C(F)(F)F.C=C(C)C(=O)O.C=C(C)C(=O)OC.C=CC(=O)OCCCC. The van der Waals surface area contributed by atoms with Gasteiger partial charge in [-0.2, -0.15) is 13.2 Å². The van der Waals surface area contributed by atoms with Crippen LogP contribution >= 0.6 is 0 Å². The molecule has 0 aromatic carbocycles. The summed E-state index contributed by atoms with van der Waals surface area (Å²) < 4.78 is 42.6. The average molecular weight is 454 g/mol. The van der Waals surface area contributed by atoms with E-state index < -0.39 is 23.7 Å². The maximum atomic E-state index is 11.2. The number of carbonyl (C=O) groups is 4. The predicted molar refractivity (Wildman–Crippen MR) is 108 cm³/mol. The highest BCUT2D eigenvalue weighted by Crippen LogP contribution is 2.23. The van der Waals surface area contributed by atoms with Crippen LogP contribution in [0.1, 0.15) is 33.6 Å². The molecule has 0 unspecified atom stereocenters. The van der Waals surface area contributed by atoms with Crippen LogP contribution in [0, 0.1) is 0 Å². The number of alkyl halides is 3. The largest absolute Gasteiger partial charge is 0.478 e. The Morgan fingerprint density at radius 1 is 0.968 bits per heavy atom. The molecule has 0 radical (unpaired) electrons. The molecule has 0 heterocycles. The van der Waals surface area contributed by atoms with Gasteiger partial charge in [-0.05, 0) is 20.3 Å². The van der Waals surface area contributed by atoms with Crippen LogP contribution in [0.3, 0.4) is 0 Å². The number of carboxylic acids is 2. The molecule has 11 heteroatoms. The lowest BCUT2D eigenvalue weighted by molar-refractivity contribution is -0.145. The van der Waals surface area contributed by atoms with Crippen LogP contribution in [-0.2, 0) is 28.7 Å². The molecule has 0 saturated carbocycles. The van der Waals surface area contributed by atoms with Crippen molar-refractivity contribution < 1.29 is 52.0 Å². The number of halogens is 3. The first kappa shape index (κ1) is 35.1. The van der Waals surface area contributed by atoms with E-state index in [0.717, 1.165) is 12.8 Å². The quantitative estimate of drug-likeness (QED) is 0.335. The second-order valence-electron chi connectivity index (χ2n) is 5.36. The van der Waals surface area contributed by atoms with Gasteiger partial charge in [-0.15, -0.1) is 0 Å². The van der Waals surface area contributed by atoms with Crippen molar-refractivity contribution in [3.05, 3.63) is 49.1 Å². The van der Waals surface area contributed by atoms with E-state index in [4.69, 9.17) is 10.2 Å². The zero-order valence-electron chi connectivity index (χ0n) is 18.0. The molecule has 0 spiro atoms. The Bertz CT molecular complexity index is 637. The zero-order chi connectivity index (χ0) is 25.8. The monoisotopic (exact) mass is 454 g/mol. The van der Waals surface area contributed by atoms with E-state index in [2.05, 4.69) is 35.8 Å². The summed E-state index contributed by atoms with van der Waals surface area (Å²) in [7, 11) is 1.33. The van der Waals surface area contributed by atoms with Crippen molar-refractivity contribution in [1.29, 1.82) is 0 Å². The van der Waals surface area contributed by atoms with E-state index in [-0.39, 0.29) is 17.5 Å². The number of aliphatic carboxylic acids is 2. The number of methoxy groups -OCH3 is 1. The van der Waals surface area contributed by atoms with Crippen molar-refractivity contribution in [2.24, 2.45) is 0 Å². The Labute approximate surface area is 179 Å². The Morgan fingerprint density at radius 2 is 1.39 bits per heavy atom. The topological polar surface area (TPSA) is 127 Å². The van der Waals surface area contributed by atoms with E-state index in [9.17, 15) is 32.3 Å². The molecule has 0 fully saturated rings. The molecule has 0 atom stereocenters. The zero-order valence-corrected chi connectivity index (χ0v) is 18.0. The van der Waals surface area contributed by atoms with Crippen LogP contribution in [-0.4, -0.2) is 54.0 Å². The number of carboxylic acid groups (broad SMARTS) is 2. The van der Waals surface area contributed by atoms with Crippen molar-refractivity contribution in [3.8, 4) is 0 Å². The van der Waals surface area contributed by atoms with Crippen molar-refractivity contribution in [1.82, 2.24) is 0 Å². The Kier molecular flexibility index (Phi) is 22.6. The van der Waals surface area contributed by atoms with Gasteiger partial charge in [0.05, 0.1) is 13.7 Å². The van der Waals surface area contributed by atoms with Gasteiger partial charge in [-0.25, -0.2) is 19.2 Å².